The van der Waals surface area contributed by atoms with Gasteiger partial charge in [0.1, 0.15) is 0 Å². The van der Waals surface area contributed by atoms with Crippen molar-refractivity contribution < 1.29 is 38.1 Å². The van der Waals surface area contributed by atoms with Crippen molar-refractivity contribution in [3.05, 3.63) is 59.2 Å². The van der Waals surface area contributed by atoms with Crippen molar-refractivity contribution in [1.82, 2.24) is 4.90 Å². The summed E-state index contributed by atoms with van der Waals surface area (Å²) in [5.41, 5.74) is -2.75. The lowest BCUT2D eigenvalue weighted by Crippen LogP contribution is -2.67. The van der Waals surface area contributed by atoms with Gasteiger partial charge in [0.05, 0.1) is 24.9 Å². The van der Waals surface area contributed by atoms with E-state index in [0.29, 0.717) is 57.2 Å². The number of aliphatic hydroxyl groups is 2. The Kier molecular flexibility index (Phi) is 8.09. The zero-order chi connectivity index (χ0) is 32.4. The molecule has 1 aromatic rings. The molecule has 0 aromatic heterocycles. The number of aliphatic hydroxyl groups excluding tert-OH is 1. The predicted octanol–water partition coefficient (Wildman–Crippen LogP) is 6.23. The van der Waals surface area contributed by atoms with E-state index in [9.17, 15) is 28.6 Å². The highest BCUT2D eigenvalue weighted by atomic mass is 19.2. The Balaban J connectivity index is 1.44. The molecule has 45 heavy (non-hydrogen) atoms. The quantitative estimate of drug-likeness (QED) is 0.191. The molecule has 6 aliphatic carbocycles. The zero-order valence-electron chi connectivity index (χ0n) is 26.9. The molecule has 7 rings (SSSR count). The van der Waals surface area contributed by atoms with Gasteiger partial charge in [0, 0.05) is 47.6 Å². The van der Waals surface area contributed by atoms with Gasteiger partial charge in [-0.2, -0.15) is 0 Å². The smallest absolute Gasteiger partial charge is 0.409 e. The van der Waals surface area contributed by atoms with Gasteiger partial charge in [0.25, 0.3) is 0 Å². The first-order chi connectivity index (χ1) is 21.3. The number of ketones is 1. The normalized spacial score (nSPS) is 39.5. The Bertz CT molecular complexity index is 1430. The highest BCUT2D eigenvalue weighted by Gasteiger charge is 2.74. The van der Waals surface area contributed by atoms with Crippen molar-refractivity contribution >= 4 is 11.9 Å². The Morgan fingerprint density at radius 2 is 1.73 bits per heavy atom. The van der Waals surface area contributed by atoms with Gasteiger partial charge in [0.15, 0.2) is 17.4 Å². The van der Waals surface area contributed by atoms with Crippen LogP contribution in [0.25, 0.3) is 0 Å². The third-order valence-electron chi connectivity index (χ3n) is 12.9. The maximum atomic E-state index is 14.5. The van der Waals surface area contributed by atoms with Crippen molar-refractivity contribution in [2.75, 3.05) is 33.4 Å². The minimum atomic E-state index is -1.24. The fourth-order valence-corrected chi connectivity index (χ4v) is 10.6. The van der Waals surface area contributed by atoms with E-state index in [4.69, 9.17) is 9.47 Å². The highest BCUT2D eigenvalue weighted by Crippen LogP contribution is 2.78. The third-order valence-corrected chi connectivity index (χ3v) is 12.9. The number of hydrogen-bond acceptors (Lipinski definition) is 6. The van der Waals surface area contributed by atoms with Crippen LogP contribution in [0.15, 0.2) is 42.0 Å². The number of methoxy groups -OCH3 is 1. The number of halogens is 2. The van der Waals surface area contributed by atoms with Crippen LogP contribution in [-0.2, 0) is 9.47 Å². The van der Waals surface area contributed by atoms with Crippen molar-refractivity contribution in [3.8, 4) is 0 Å². The van der Waals surface area contributed by atoms with E-state index in [0.717, 1.165) is 25.0 Å². The minimum absolute atomic E-state index is 0.0556. The van der Waals surface area contributed by atoms with Gasteiger partial charge >= 0.3 is 6.09 Å². The first-order valence-corrected chi connectivity index (χ1v) is 16.6. The molecule has 2 N–H and O–H groups in total. The molecule has 0 aliphatic heterocycles. The topological polar surface area (TPSA) is 96.3 Å². The van der Waals surface area contributed by atoms with Crippen LogP contribution in [0, 0.1) is 45.1 Å². The Hall–Kier alpha value is -2.62. The van der Waals surface area contributed by atoms with Gasteiger partial charge in [-0.1, -0.05) is 32.1 Å². The van der Waals surface area contributed by atoms with E-state index in [1.54, 1.807) is 18.9 Å². The number of ether oxygens (including phenoxy) is 2. The molecule has 0 saturated heterocycles. The lowest BCUT2D eigenvalue weighted by atomic mass is 9.32. The summed E-state index contributed by atoms with van der Waals surface area (Å²) in [5.74, 6) is -2.50. The van der Waals surface area contributed by atoms with Gasteiger partial charge in [-0.3, -0.25) is 4.79 Å². The number of allylic oxidation sites excluding steroid dienone is 4. The molecular formula is C36H47F2NO6. The van der Waals surface area contributed by atoms with Crippen LogP contribution in [-0.4, -0.2) is 72.1 Å². The van der Waals surface area contributed by atoms with Crippen molar-refractivity contribution in [3.63, 3.8) is 0 Å². The van der Waals surface area contributed by atoms with Gasteiger partial charge in [-0.25, -0.2) is 13.6 Å². The Morgan fingerprint density at radius 3 is 2.44 bits per heavy atom. The summed E-state index contributed by atoms with van der Waals surface area (Å²) in [6.07, 6.45) is 10.6. The number of benzene rings is 1. The van der Waals surface area contributed by atoms with Gasteiger partial charge < -0.3 is 24.6 Å². The van der Waals surface area contributed by atoms with E-state index >= 15 is 0 Å². The second kappa shape index (κ2) is 11.3. The molecule has 3 saturated carbocycles. The van der Waals surface area contributed by atoms with Crippen LogP contribution in [0.4, 0.5) is 13.6 Å². The molecule has 1 amide bonds. The summed E-state index contributed by atoms with van der Waals surface area (Å²) in [6.45, 7) is 7.34. The minimum Gasteiger partial charge on any atom is -0.450 e. The predicted molar refractivity (Wildman–Crippen MR) is 164 cm³/mol. The number of carbonyl (C=O) groups excluding carboxylic acids is 2. The molecule has 2 bridgehead atoms. The van der Waals surface area contributed by atoms with E-state index < -0.39 is 45.7 Å². The zero-order valence-corrected chi connectivity index (χ0v) is 26.9. The molecule has 1 unspecified atom stereocenters. The highest BCUT2D eigenvalue weighted by molar-refractivity contribution is 6.10. The summed E-state index contributed by atoms with van der Waals surface area (Å²) in [5, 5.41) is 23.5. The molecule has 1 aromatic carbocycles. The Labute approximate surface area is 264 Å². The summed E-state index contributed by atoms with van der Waals surface area (Å²) in [4.78, 5) is 29.2. The number of carbonyl (C=O) groups is 2. The monoisotopic (exact) mass is 627 g/mol. The molecular weight excluding hydrogens is 580 g/mol. The van der Waals surface area contributed by atoms with Crippen LogP contribution in [0.2, 0.25) is 0 Å². The first kappa shape index (κ1) is 32.3. The summed E-state index contributed by atoms with van der Waals surface area (Å²) >= 11 is 0. The molecule has 2 spiro atoms. The number of Topliss-reactive ketones (excluding diaryl/α,β-unsaturated/α-hetero) is 1. The summed E-state index contributed by atoms with van der Waals surface area (Å²) in [7, 11) is 1.61. The van der Waals surface area contributed by atoms with Crippen LogP contribution >= 0.6 is 0 Å². The van der Waals surface area contributed by atoms with E-state index in [1.807, 2.05) is 6.08 Å². The maximum Gasteiger partial charge on any atom is 0.409 e. The lowest BCUT2D eigenvalue weighted by Gasteiger charge is -2.71. The SMILES string of the molecule is CCOC(=O)N(CCCOC)C[C@]1(O)CC[C@H]2[C@]34C=C[C@@]5(C=C3C(=O)c3ccc(F)c(F)c3)CC(O)CC[C@]5(C)[C@H]4CC[C@@]21C. The third kappa shape index (κ3) is 4.58. The fraction of sp³-hybridized carbons (Fsp3) is 0.667. The number of hydrogen-bond donors (Lipinski definition) is 2. The molecule has 0 radical (unpaired) electrons. The van der Waals surface area contributed by atoms with E-state index in [1.165, 1.54) is 6.07 Å². The van der Waals surface area contributed by atoms with Crippen LogP contribution in [0.3, 0.4) is 0 Å². The van der Waals surface area contributed by atoms with Crippen molar-refractivity contribution in [1.29, 1.82) is 0 Å². The average Bonchev–Trinajstić information content (AvgIpc) is 3.28. The fourth-order valence-electron chi connectivity index (χ4n) is 10.6. The van der Waals surface area contributed by atoms with Gasteiger partial charge in [-0.05, 0) is 93.7 Å². The second-order valence-corrected chi connectivity index (χ2v) is 14.7. The number of rotatable bonds is 9. The number of fused-ring (bicyclic) bond motifs is 1. The lowest BCUT2D eigenvalue weighted by molar-refractivity contribution is -0.175. The van der Waals surface area contributed by atoms with Crippen molar-refractivity contribution in [2.24, 2.45) is 33.5 Å². The van der Waals surface area contributed by atoms with Crippen molar-refractivity contribution in [2.45, 2.75) is 83.8 Å². The van der Waals surface area contributed by atoms with Gasteiger partial charge in [-0.15, -0.1) is 0 Å². The van der Waals surface area contributed by atoms with Gasteiger partial charge in [0.2, 0.25) is 0 Å². The Morgan fingerprint density at radius 1 is 1.02 bits per heavy atom. The average molecular weight is 628 g/mol. The molecule has 9 heteroatoms. The molecule has 3 fully saturated rings. The first-order valence-electron chi connectivity index (χ1n) is 16.6. The molecule has 0 heterocycles. The van der Waals surface area contributed by atoms with Crippen LogP contribution in [0.1, 0.15) is 82.5 Å². The van der Waals surface area contributed by atoms with Crippen LogP contribution in [0.5, 0.6) is 0 Å². The number of amides is 1. The van der Waals surface area contributed by atoms with Crippen LogP contribution < -0.4 is 0 Å². The number of nitrogens with zero attached hydrogens (tertiary/aromatic N) is 1. The van der Waals surface area contributed by atoms with E-state index in [-0.39, 0.29) is 41.7 Å². The molecule has 6 aliphatic rings. The molecule has 8 atom stereocenters. The molecule has 7 nitrogen and oxygen atoms in total. The molecule has 246 valence electrons. The standard InChI is InChI=1S/C36H47F2NO6/c1-5-45-31(42)39(17-6-18-44-4)22-35(43)14-11-29-33(35,3)13-10-28-32(2)12-9-24(40)20-34(32)15-16-36(28,29)25(21-34)30(41)23-7-8-26(37)27(38)19-23/h7-8,15-16,19,21,24,28-29,40,43H,5-6,9-14,17-18,20,22H2,1-4H3/t24?,28-,29-,32-,33+,34+,35-,36-/m1/s1. The van der Waals surface area contributed by atoms with E-state index in [2.05, 4.69) is 26.0 Å². The summed E-state index contributed by atoms with van der Waals surface area (Å²) in [6, 6.07) is 3.32. The largest absolute Gasteiger partial charge is 0.450 e. The maximum absolute atomic E-state index is 14.5. The second-order valence-electron chi connectivity index (χ2n) is 14.7. The summed E-state index contributed by atoms with van der Waals surface area (Å²) < 4.78 is 39.0.